The molecule has 2 atom stereocenters. The van der Waals surface area contributed by atoms with Gasteiger partial charge < -0.3 is 10.4 Å². The van der Waals surface area contributed by atoms with E-state index >= 15 is 0 Å². The number of benzene rings is 1. The number of nitrogens with zero attached hydrogens (tertiary/aromatic N) is 3. The molecule has 0 bridgehead atoms. The van der Waals surface area contributed by atoms with E-state index in [4.69, 9.17) is 0 Å². The lowest BCUT2D eigenvalue weighted by molar-refractivity contribution is -0.158. The predicted molar refractivity (Wildman–Crippen MR) is 120 cm³/mol. The normalized spacial score (nSPS) is 18.9. The van der Waals surface area contributed by atoms with Crippen LogP contribution in [0.15, 0.2) is 41.3 Å². The summed E-state index contributed by atoms with van der Waals surface area (Å²) in [5, 5.41) is 11.3. The van der Waals surface area contributed by atoms with E-state index in [1.54, 1.807) is 0 Å². The van der Waals surface area contributed by atoms with Crippen molar-refractivity contribution in [2.75, 3.05) is 11.4 Å². The van der Waals surface area contributed by atoms with Crippen molar-refractivity contribution in [3.63, 3.8) is 0 Å². The summed E-state index contributed by atoms with van der Waals surface area (Å²) in [4.78, 5) is 43.6. The number of carbonyl (C=O) groups is 2. The first-order valence-electron chi connectivity index (χ1n) is 11.3. The molecule has 1 aliphatic heterocycles. The number of carbonyl (C=O) groups excluding carboxylic acids is 2. The van der Waals surface area contributed by atoms with Crippen LogP contribution in [0.25, 0.3) is 16.7 Å². The average Bonchev–Trinajstić information content (AvgIpc) is 3.60. The topological polar surface area (TPSA) is 105 Å². The van der Waals surface area contributed by atoms with Gasteiger partial charge in [-0.3, -0.25) is 23.9 Å². The molecule has 5 rings (SSSR count). The maximum absolute atomic E-state index is 14.8. The molecule has 1 aromatic carbocycles. The molecule has 13 heteroatoms. The van der Waals surface area contributed by atoms with Crippen molar-refractivity contribution in [3.8, 4) is 5.69 Å². The van der Waals surface area contributed by atoms with Crippen LogP contribution >= 0.6 is 0 Å². The molecule has 1 saturated carbocycles. The van der Waals surface area contributed by atoms with Crippen LogP contribution in [0.3, 0.4) is 0 Å². The summed E-state index contributed by atoms with van der Waals surface area (Å²) in [6, 6.07) is 3.14. The number of para-hydroxylation sites is 1. The van der Waals surface area contributed by atoms with E-state index in [0.29, 0.717) is 0 Å². The Balaban J connectivity index is 1.69. The summed E-state index contributed by atoms with van der Waals surface area (Å²) in [5.41, 5.74) is -2.85. The van der Waals surface area contributed by atoms with Gasteiger partial charge in [-0.1, -0.05) is 6.07 Å². The molecule has 37 heavy (non-hydrogen) atoms. The number of aromatic nitrogens is 2. The van der Waals surface area contributed by atoms with Crippen molar-refractivity contribution in [3.05, 3.63) is 63.9 Å². The van der Waals surface area contributed by atoms with Gasteiger partial charge >= 0.3 is 6.18 Å². The van der Waals surface area contributed by atoms with Gasteiger partial charge in [-0.15, -0.1) is 0 Å². The summed E-state index contributed by atoms with van der Waals surface area (Å²) in [7, 11) is 0. The highest BCUT2D eigenvalue weighted by Crippen LogP contribution is 2.40. The summed E-state index contributed by atoms with van der Waals surface area (Å²) in [6.45, 7) is -0.101. The number of halogens is 5. The standard InChI is InChI=1S/C24H19F5N4O4/c25-15-2-1-3-16(26)19(15)33-10-14(23(37)31-21(11-4-5-11)24(27,28)29)20(36)13-6-7-17(30-22(13)33)32-9-12(34)8-18(32)35/h1-3,6-7,10-12,21,34H,4-5,8-9H2,(H,31,37)/t12-,21-/m0/s1. The number of aliphatic hydroxyl groups is 1. The van der Waals surface area contributed by atoms with Crippen molar-refractivity contribution < 1.29 is 36.6 Å². The van der Waals surface area contributed by atoms with Gasteiger partial charge in [-0.25, -0.2) is 13.8 Å². The molecule has 2 amide bonds. The van der Waals surface area contributed by atoms with Gasteiger partial charge in [-0.2, -0.15) is 13.2 Å². The van der Waals surface area contributed by atoms with Crippen LogP contribution in [0.1, 0.15) is 29.6 Å². The number of rotatable bonds is 5. The molecule has 2 N–H and O–H groups in total. The van der Waals surface area contributed by atoms with Gasteiger partial charge in [-0.05, 0) is 43.0 Å². The number of fused-ring (bicyclic) bond motifs is 1. The maximum Gasteiger partial charge on any atom is 0.408 e. The number of anilines is 1. The Bertz CT molecular complexity index is 1460. The third-order valence-corrected chi connectivity index (χ3v) is 6.37. The van der Waals surface area contributed by atoms with Crippen LogP contribution in [-0.2, 0) is 4.79 Å². The molecule has 1 saturated heterocycles. The Morgan fingerprint density at radius 1 is 1.11 bits per heavy atom. The van der Waals surface area contributed by atoms with Crippen molar-refractivity contribution in [1.82, 2.24) is 14.9 Å². The molecule has 1 aliphatic carbocycles. The Hall–Kier alpha value is -3.87. The van der Waals surface area contributed by atoms with E-state index < -0.39 is 64.4 Å². The third-order valence-electron chi connectivity index (χ3n) is 6.37. The second-order valence-corrected chi connectivity index (χ2v) is 9.05. The molecular formula is C24H19F5N4O4. The fourth-order valence-electron chi connectivity index (χ4n) is 4.42. The summed E-state index contributed by atoms with van der Waals surface area (Å²) >= 11 is 0. The van der Waals surface area contributed by atoms with Crippen LogP contribution in [0.5, 0.6) is 0 Å². The number of β-amino-alcohol motifs (C(OH)–C–C–N with tert-alkyl or cyclic N) is 1. The molecule has 2 aromatic heterocycles. The Morgan fingerprint density at radius 2 is 1.78 bits per heavy atom. The molecule has 2 fully saturated rings. The Morgan fingerprint density at radius 3 is 2.35 bits per heavy atom. The zero-order valence-electron chi connectivity index (χ0n) is 18.9. The van der Waals surface area contributed by atoms with E-state index in [1.807, 2.05) is 5.32 Å². The summed E-state index contributed by atoms with van der Waals surface area (Å²) < 4.78 is 70.8. The predicted octanol–water partition coefficient (Wildman–Crippen LogP) is 2.83. The highest BCUT2D eigenvalue weighted by Gasteiger charge is 2.50. The SMILES string of the molecule is O=C(N[C@@H](C1CC1)C(F)(F)F)c1cn(-c2c(F)cccc2F)c2nc(N3C[C@@H](O)CC3=O)ccc2c1=O. The number of hydrogen-bond acceptors (Lipinski definition) is 5. The minimum absolute atomic E-state index is 0.0259. The molecule has 3 heterocycles. The Labute approximate surface area is 205 Å². The van der Waals surface area contributed by atoms with Crippen LogP contribution in [-0.4, -0.2) is 51.3 Å². The van der Waals surface area contributed by atoms with Gasteiger partial charge in [0, 0.05) is 6.20 Å². The smallest absolute Gasteiger partial charge is 0.391 e. The molecule has 2 aliphatic rings. The first kappa shape index (κ1) is 24.8. The number of amides is 2. The van der Waals surface area contributed by atoms with Gasteiger partial charge in [0.1, 0.15) is 34.7 Å². The lowest BCUT2D eigenvalue weighted by atomic mass is 10.1. The largest absolute Gasteiger partial charge is 0.408 e. The zero-order chi connectivity index (χ0) is 26.6. The lowest BCUT2D eigenvalue weighted by Crippen LogP contribution is -2.48. The fraction of sp³-hybridized carbons (Fsp3) is 0.333. The Kier molecular flexibility index (Phi) is 5.97. The monoisotopic (exact) mass is 522 g/mol. The van der Waals surface area contributed by atoms with Crippen LogP contribution in [0, 0.1) is 17.6 Å². The molecule has 194 valence electrons. The molecular weight excluding hydrogens is 503 g/mol. The lowest BCUT2D eigenvalue weighted by Gasteiger charge is -2.22. The van der Waals surface area contributed by atoms with Crippen molar-refractivity contribution >= 4 is 28.7 Å². The minimum Gasteiger partial charge on any atom is -0.391 e. The summed E-state index contributed by atoms with van der Waals surface area (Å²) in [5.74, 6) is -4.87. The van der Waals surface area contributed by atoms with Crippen molar-refractivity contribution in [2.24, 2.45) is 5.92 Å². The van der Waals surface area contributed by atoms with Crippen LogP contribution in [0.4, 0.5) is 27.8 Å². The molecule has 0 spiro atoms. The van der Waals surface area contributed by atoms with E-state index in [9.17, 15) is 41.4 Å². The van der Waals surface area contributed by atoms with Crippen LogP contribution in [0.2, 0.25) is 0 Å². The van der Waals surface area contributed by atoms with Crippen molar-refractivity contribution in [2.45, 2.75) is 37.6 Å². The molecule has 8 nitrogen and oxygen atoms in total. The number of pyridine rings is 2. The number of alkyl halides is 3. The molecule has 0 radical (unpaired) electrons. The van der Waals surface area contributed by atoms with Gasteiger partial charge in [0.25, 0.3) is 5.91 Å². The quantitative estimate of drug-likeness (QED) is 0.502. The average molecular weight is 522 g/mol. The summed E-state index contributed by atoms with van der Waals surface area (Å²) in [6.07, 6.45) is -4.65. The molecule has 0 unspecified atom stereocenters. The third kappa shape index (κ3) is 4.54. The van der Waals surface area contributed by atoms with Gasteiger partial charge in [0.2, 0.25) is 11.3 Å². The zero-order valence-corrected chi connectivity index (χ0v) is 18.9. The second-order valence-electron chi connectivity index (χ2n) is 9.05. The second kappa shape index (κ2) is 8.91. The first-order valence-corrected chi connectivity index (χ1v) is 11.3. The number of hydrogen-bond donors (Lipinski definition) is 2. The van der Waals surface area contributed by atoms with E-state index in [1.165, 1.54) is 6.07 Å². The number of aliphatic hydroxyl groups excluding tert-OH is 1. The van der Waals surface area contributed by atoms with E-state index in [0.717, 1.165) is 39.9 Å². The van der Waals surface area contributed by atoms with Gasteiger partial charge in [0.15, 0.2) is 5.65 Å². The van der Waals surface area contributed by atoms with Crippen LogP contribution < -0.4 is 15.6 Å². The minimum atomic E-state index is -4.76. The highest BCUT2D eigenvalue weighted by molar-refractivity contribution is 5.99. The van der Waals surface area contributed by atoms with E-state index in [-0.39, 0.29) is 42.7 Å². The fourth-order valence-corrected chi connectivity index (χ4v) is 4.42. The van der Waals surface area contributed by atoms with Crippen molar-refractivity contribution in [1.29, 1.82) is 0 Å². The first-order chi connectivity index (χ1) is 17.5. The maximum atomic E-state index is 14.8. The van der Waals surface area contributed by atoms with E-state index in [2.05, 4.69) is 4.98 Å². The highest BCUT2D eigenvalue weighted by atomic mass is 19.4. The van der Waals surface area contributed by atoms with Gasteiger partial charge in [0.05, 0.1) is 24.5 Å². The molecule has 3 aromatic rings. The number of nitrogens with one attached hydrogen (secondary N) is 1.